The Bertz CT molecular complexity index is 2080. The third-order valence-corrected chi connectivity index (χ3v) is 6.22. The number of carbonyl (C=O) groups is 4. The standard InChI is InChI=1S/C8H6O7S.C7H7NO5S.C7H6O6S.Al.ClH.Na.H2O4S.H/c9-7(10)4-2-1-3-5(16(13,14)15)6(4)8(11)12;9-7(10)5-3-1-2-4-6(5)8-14(11,12)13;8-7(9)5-3-1-2-4-6(5)13-14(10,11)12;;;;1-5(2,3)4;/h1-3H,(H,9,10)(H,11,12)(H,13,14,15);1-4,8H,(H,9,10)(H,11,12,13);1-4H,(H,8,9)(H,10,11,12);;1H;;(H2,1,2,3,4);/q;;;;;+1;;-1. The molecule has 0 saturated heterocycles. The van der Waals surface area contributed by atoms with Crippen LogP contribution in [0.15, 0.2) is 71.6 Å². The molecule has 0 spiro atoms. The first-order valence-electron chi connectivity index (χ1n) is 11.4. The zero-order chi connectivity index (χ0) is 38.5. The second-order valence-corrected chi connectivity index (χ2v) is 12.4. The Morgan fingerprint density at radius 2 is 0.962 bits per heavy atom. The van der Waals surface area contributed by atoms with Crippen molar-refractivity contribution in [1.29, 1.82) is 0 Å². The third-order valence-electron chi connectivity index (χ3n) is 4.46. The Morgan fingerprint density at radius 3 is 1.33 bits per heavy atom. The zero-order valence-electron chi connectivity index (χ0n) is 26.3. The zero-order valence-corrected chi connectivity index (χ0v) is 32.5. The molecule has 0 aliphatic carbocycles. The molecular weight excluding hydrogens is 844 g/mol. The van der Waals surface area contributed by atoms with Crippen LogP contribution in [0.3, 0.4) is 0 Å². The van der Waals surface area contributed by atoms with Crippen molar-refractivity contribution >= 4 is 101 Å². The minimum atomic E-state index is -4.78. The van der Waals surface area contributed by atoms with Crippen LogP contribution in [0.1, 0.15) is 42.9 Å². The fraction of sp³-hybridized carbons (Fsp3) is 0. The maximum absolute atomic E-state index is 10.8. The molecular formula is C22H23AlClNNaO22S4. The van der Waals surface area contributed by atoms with Crippen LogP contribution < -0.4 is 38.5 Å². The summed E-state index contributed by atoms with van der Waals surface area (Å²) in [6.07, 6.45) is 0. The predicted molar refractivity (Wildman–Crippen MR) is 173 cm³/mol. The summed E-state index contributed by atoms with van der Waals surface area (Å²) in [5.41, 5.74) is -2.42. The van der Waals surface area contributed by atoms with Crippen molar-refractivity contribution in [3.8, 4) is 5.75 Å². The van der Waals surface area contributed by atoms with Crippen LogP contribution in [-0.2, 0) is 41.2 Å². The minimum absolute atomic E-state index is 0. The van der Waals surface area contributed by atoms with Crippen LogP contribution in [0, 0.1) is 0 Å². The van der Waals surface area contributed by atoms with Crippen molar-refractivity contribution in [1.82, 2.24) is 0 Å². The number of nitrogens with one attached hydrogen (secondary N) is 1. The summed E-state index contributed by atoms with van der Waals surface area (Å²) in [5, 5.41) is 34.6. The summed E-state index contributed by atoms with van der Waals surface area (Å²) in [4.78, 5) is 41.6. The van der Waals surface area contributed by atoms with Gasteiger partial charge in [0.1, 0.15) is 10.5 Å². The van der Waals surface area contributed by atoms with Gasteiger partial charge in [-0.2, -0.15) is 33.7 Å². The van der Waals surface area contributed by atoms with Crippen LogP contribution in [0.25, 0.3) is 0 Å². The van der Waals surface area contributed by atoms with E-state index in [1.807, 2.05) is 0 Å². The number of para-hydroxylation sites is 2. The Balaban J connectivity index is -0.000000197. The fourth-order valence-corrected chi connectivity index (χ4v) is 4.41. The number of carboxylic acids is 4. The predicted octanol–water partition coefficient (Wildman–Crippen LogP) is -2.00. The second kappa shape index (κ2) is 23.3. The summed E-state index contributed by atoms with van der Waals surface area (Å²) in [7, 11) is -18.6. The average Bonchev–Trinajstić information content (AvgIpc) is 2.90. The number of carboxylic acid groups (broad SMARTS) is 4. The molecule has 30 heteroatoms. The molecule has 0 fully saturated rings. The molecule has 52 heavy (non-hydrogen) atoms. The van der Waals surface area contributed by atoms with Crippen molar-refractivity contribution in [2.75, 3.05) is 4.72 Å². The van der Waals surface area contributed by atoms with Gasteiger partial charge in [0.25, 0.3) is 10.1 Å². The molecule has 23 nitrogen and oxygen atoms in total. The fourth-order valence-electron chi connectivity index (χ4n) is 2.87. The number of hydrogen-bond donors (Lipinski definition) is 10. The van der Waals surface area contributed by atoms with E-state index in [9.17, 15) is 44.4 Å². The van der Waals surface area contributed by atoms with Crippen molar-refractivity contribution in [3.05, 3.63) is 89.0 Å². The first-order valence-corrected chi connectivity index (χ1v) is 17.0. The van der Waals surface area contributed by atoms with Crippen LogP contribution in [0.2, 0.25) is 0 Å². The van der Waals surface area contributed by atoms with Crippen LogP contribution >= 0.6 is 12.4 Å². The molecule has 3 aromatic carbocycles. The maximum atomic E-state index is 10.8. The van der Waals surface area contributed by atoms with Gasteiger partial charge >= 0.3 is 84.5 Å². The maximum Gasteiger partial charge on any atom is 1.00 e. The number of aromatic carboxylic acids is 4. The van der Waals surface area contributed by atoms with Crippen molar-refractivity contribution in [2.24, 2.45) is 0 Å². The molecule has 0 aliphatic heterocycles. The van der Waals surface area contributed by atoms with E-state index in [2.05, 4.69) is 4.18 Å². The first-order chi connectivity index (χ1) is 22.0. The smallest absolute Gasteiger partial charge is 1.00 e. The van der Waals surface area contributed by atoms with Gasteiger partial charge in [0, 0.05) is 17.4 Å². The summed E-state index contributed by atoms with van der Waals surface area (Å²) < 4.78 is 126. The average molecular weight is 867 g/mol. The van der Waals surface area contributed by atoms with Gasteiger partial charge in [0.15, 0.2) is 5.75 Å². The van der Waals surface area contributed by atoms with Crippen LogP contribution in [-0.4, -0.2) is 118 Å². The minimum Gasteiger partial charge on any atom is -1.00 e. The molecule has 3 rings (SSSR count). The summed E-state index contributed by atoms with van der Waals surface area (Å²) >= 11 is 0. The van der Waals surface area contributed by atoms with E-state index in [0.717, 1.165) is 30.3 Å². The van der Waals surface area contributed by atoms with E-state index >= 15 is 0 Å². The van der Waals surface area contributed by atoms with Gasteiger partial charge in [-0.25, -0.2) is 19.2 Å². The van der Waals surface area contributed by atoms with Crippen molar-refractivity contribution < 1.29 is 131 Å². The molecule has 10 N–H and O–H groups in total. The van der Waals surface area contributed by atoms with Gasteiger partial charge in [-0.05, 0) is 36.4 Å². The van der Waals surface area contributed by atoms with Gasteiger partial charge < -0.3 is 26.0 Å². The second-order valence-electron chi connectivity index (χ2n) is 7.95. The van der Waals surface area contributed by atoms with E-state index in [0.29, 0.717) is 0 Å². The summed E-state index contributed by atoms with van der Waals surface area (Å²) in [5.74, 6) is -6.39. The molecule has 283 valence electrons. The Morgan fingerprint density at radius 1 is 0.577 bits per heavy atom. The van der Waals surface area contributed by atoms with E-state index in [1.165, 1.54) is 36.4 Å². The summed E-state index contributed by atoms with van der Waals surface area (Å²) in [6.45, 7) is 0. The number of anilines is 1. The Kier molecular flexibility index (Phi) is 24.8. The molecule has 0 saturated carbocycles. The van der Waals surface area contributed by atoms with Gasteiger partial charge in [-0.15, -0.1) is 12.4 Å². The molecule has 0 unspecified atom stereocenters. The van der Waals surface area contributed by atoms with Gasteiger partial charge in [-0.3, -0.25) is 27.5 Å². The van der Waals surface area contributed by atoms with Gasteiger partial charge in [0.05, 0.1) is 22.4 Å². The molecule has 0 bridgehead atoms. The van der Waals surface area contributed by atoms with Crippen LogP contribution in [0.5, 0.6) is 5.75 Å². The molecule has 0 aromatic heterocycles. The van der Waals surface area contributed by atoms with Gasteiger partial charge in [-0.1, -0.05) is 30.3 Å². The monoisotopic (exact) mass is 866 g/mol. The number of halogens is 1. The Labute approximate surface area is 333 Å². The molecule has 0 amide bonds. The number of rotatable bonds is 9. The Hall–Kier alpha value is -3.44. The normalized spacial score (nSPS) is 10.4. The van der Waals surface area contributed by atoms with Crippen LogP contribution in [0.4, 0.5) is 5.69 Å². The largest absolute Gasteiger partial charge is 1.00 e. The van der Waals surface area contributed by atoms with E-state index in [4.69, 9.17) is 51.6 Å². The number of benzene rings is 3. The third kappa shape index (κ3) is 23.2. The molecule has 3 radical (unpaired) electrons. The van der Waals surface area contributed by atoms with Gasteiger partial charge in [0.2, 0.25) is 0 Å². The first kappa shape index (κ1) is 55.3. The van der Waals surface area contributed by atoms with E-state index < -0.39 is 86.9 Å². The molecule has 0 aliphatic rings. The number of hydrogen-bond acceptors (Lipinski definition) is 13. The van der Waals surface area contributed by atoms with Crippen molar-refractivity contribution in [2.45, 2.75) is 4.90 Å². The van der Waals surface area contributed by atoms with E-state index in [1.54, 1.807) is 4.72 Å². The summed E-state index contributed by atoms with van der Waals surface area (Å²) in [6, 6.07) is 13.2. The molecule has 3 aromatic rings. The van der Waals surface area contributed by atoms with E-state index in [-0.39, 0.29) is 77.6 Å². The molecule has 0 atom stereocenters. The SMILES string of the molecule is Cl.O=C(O)c1cccc(S(=O)(=O)O)c1C(=O)O.O=C(O)c1ccccc1NS(=O)(=O)O.O=C(O)c1ccccc1OS(=O)(=O)O.O=S(=O)(O)O.[Al].[H-].[Na+]. The van der Waals surface area contributed by atoms with Crippen molar-refractivity contribution in [3.63, 3.8) is 0 Å². The quantitative estimate of drug-likeness (QED) is 0.0821. The molecule has 0 heterocycles. The topological polar surface area (TPSA) is 408 Å².